The summed E-state index contributed by atoms with van der Waals surface area (Å²) in [5.74, 6) is -1.51. The summed E-state index contributed by atoms with van der Waals surface area (Å²) in [6.07, 6.45) is -1.72. The molecular weight excluding hydrogens is 473 g/mol. The molecule has 0 spiro atoms. The van der Waals surface area contributed by atoms with Crippen LogP contribution in [0.4, 0.5) is 13.2 Å². The molecule has 1 aromatic carbocycles. The van der Waals surface area contributed by atoms with Crippen molar-refractivity contribution < 1.29 is 23.1 Å². The number of fused-ring (bicyclic) bond motifs is 2. The number of aromatic nitrogens is 4. The Kier molecular flexibility index (Phi) is 4.90. The van der Waals surface area contributed by atoms with Crippen LogP contribution in [0.25, 0.3) is 27.5 Å². The Balaban J connectivity index is 1.94. The third-order valence-electron chi connectivity index (χ3n) is 5.39. The molecule has 172 valence electrons. The molecule has 0 atom stereocenters. The number of benzene rings is 1. The average Bonchev–Trinajstić information content (AvgIpc) is 3.37. The first-order valence-corrected chi connectivity index (χ1v) is 10.7. The lowest BCUT2D eigenvalue weighted by Gasteiger charge is -2.10. The maximum absolute atomic E-state index is 13.5. The van der Waals surface area contributed by atoms with Crippen LogP contribution < -0.4 is 11.2 Å². The average molecular weight is 486 g/mol. The van der Waals surface area contributed by atoms with E-state index in [1.54, 1.807) is 12.1 Å². The molecule has 4 heterocycles. The zero-order valence-electron chi connectivity index (χ0n) is 17.0. The SMILES string of the molecule is O=C(O)c1c(-n2c(=O)[nH]c3cscc3c2=O)c2cc(C(F)(F)F)ccc2n1Cc1cccnc1. The summed E-state index contributed by atoms with van der Waals surface area (Å²) in [6, 6.07) is 6.01. The van der Waals surface area contributed by atoms with E-state index in [-0.39, 0.29) is 28.4 Å². The minimum atomic E-state index is -4.73. The number of aromatic carboxylic acids is 1. The van der Waals surface area contributed by atoms with Crippen molar-refractivity contribution in [1.29, 1.82) is 0 Å². The second kappa shape index (κ2) is 7.70. The van der Waals surface area contributed by atoms with Crippen molar-refractivity contribution in [1.82, 2.24) is 19.1 Å². The van der Waals surface area contributed by atoms with Crippen LogP contribution in [0, 0.1) is 0 Å². The van der Waals surface area contributed by atoms with Gasteiger partial charge < -0.3 is 14.7 Å². The molecule has 8 nitrogen and oxygen atoms in total. The van der Waals surface area contributed by atoms with Gasteiger partial charge in [-0.2, -0.15) is 13.2 Å². The Morgan fingerprint density at radius 2 is 1.94 bits per heavy atom. The number of nitrogens with zero attached hydrogens (tertiary/aromatic N) is 3. The zero-order chi connectivity index (χ0) is 24.2. The summed E-state index contributed by atoms with van der Waals surface area (Å²) >= 11 is 1.15. The van der Waals surface area contributed by atoms with E-state index in [9.17, 15) is 32.7 Å². The van der Waals surface area contributed by atoms with Crippen molar-refractivity contribution in [3.05, 3.63) is 91.1 Å². The van der Waals surface area contributed by atoms with Crippen molar-refractivity contribution in [2.75, 3.05) is 0 Å². The van der Waals surface area contributed by atoms with Crippen LogP contribution in [0.1, 0.15) is 21.6 Å². The highest BCUT2D eigenvalue weighted by molar-refractivity contribution is 7.09. The van der Waals surface area contributed by atoms with Gasteiger partial charge in [-0.25, -0.2) is 14.2 Å². The van der Waals surface area contributed by atoms with Gasteiger partial charge in [0.2, 0.25) is 0 Å². The van der Waals surface area contributed by atoms with E-state index in [1.807, 2.05) is 0 Å². The van der Waals surface area contributed by atoms with E-state index in [0.29, 0.717) is 10.1 Å². The van der Waals surface area contributed by atoms with Crippen LogP contribution in [0.2, 0.25) is 0 Å². The summed E-state index contributed by atoms with van der Waals surface area (Å²) in [5.41, 5.74) is -2.83. The first kappa shape index (κ1) is 21.6. The second-order valence-corrected chi connectivity index (χ2v) is 8.19. The van der Waals surface area contributed by atoms with Gasteiger partial charge in [-0.15, -0.1) is 11.3 Å². The van der Waals surface area contributed by atoms with Crippen LogP contribution in [0.15, 0.2) is 63.1 Å². The van der Waals surface area contributed by atoms with E-state index in [4.69, 9.17) is 0 Å². The highest BCUT2D eigenvalue weighted by Gasteiger charge is 2.33. The second-order valence-electron chi connectivity index (χ2n) is 7.45. The molecule has 0 aliphatic heterocycles. The number of nitrogens with one attached hydrogen (secondary N) is 1. The van der Waals surface area contributed by atoms with Gasteiger partial charge in [0.1, 0.15) is 0 Å². The summed E-state index contributed by atoms with van der Waals surface area (Å²) in [7, 11) is 0. The summed E-state index contributed by atoms with van der Waals surface area (Å²) in [6.45, 7) is -0.0648. The number of hydrogen-bond donors (Lipinski definition) is 2. The molecule has 5 rings (SSSR count). The van der Waals surface area contributed by atoms with E-state index < -0.39 is 40.3 Å². The molecule has 12 heteroatoms. The van der Waals surface area contributed by atoms with Crippen molar-refractivity contribution in [2.45, 2.75) is 12.7 Å². The molecule has 0 amide bonds. The molecule has 0 saturated carbocycles. The van der Waals surface area contributed by atoms with Gasteiger partial charge in [-0.1, -0.05) is 6.07 Å². The topological polar surface area (TPSA) is 110 Å². The lowest BCUT2D eigenvalue weighted by Crippen LogP contribution is -2.34. The van der Waals surface area contributed by atoms with E-state index in [2.05, 4.69) is 9.97 Å². The van der Waals surface area contributed by atoms with Gasteiger partial charge in [-0.3, -0.25) is 9.78 Å². The Bertz CT molecular complexity index is 1700. The number of pyridine rings is 1. The first-order valence-electron chi connectivity index (χ1n) is 9.74. The van der Waals surface area contributed by atoms with Gasteiger partial charge in [-0.05, 0) is 29.8 Å². The molecule has 4 aromatic heterocycles. The maximum Gasteiger partial charge on any atom is 0.416 e. The fraction of sp³-hybridized carbons (Fsp3) is 0.0909. The minimum absolute atomic E-state index is 0.0648. The normalized spacial score (nSPS) is 12.0. The predicted molar refractivity (Wildman–Crippen MR) is 119 cm³/mol. The van der Waals surface area contributed by atoms with Crippen molar-refractivity contribution in [3.8, 4) is 5.69 Å². The van der Waals surface area contributed by atoms with Crippen molar-refractivity contribution >= 4 is 39.1 Å². The monoisotopic (exact) mass is 486 g/mol. The number of hydrogen-bond acceptors (Lipinski definition) is 5. The van der Waals surface area contributed by atoms with E-state index >= 15 is 0 Å². The van der Waals surface area contributed by atoms with Gasteiger partial charge >= 0.3 is 17.8 Å². The van der Waals surface area contributed by atoms with Crippen LogP contribution >= 0.6 is 11.3 Å². The molecule has 5 aromatic rings. The summed E-state index contributed by atoms with van der Waals surface area (Å²) < 4.78 is 42.4. The smallest absolute Gasteiger partial charge is 0.416 e. The zero-order valence-corrected chi connectivity index (χ0v) is 17.8. The maximum atomic E-state index is 13.5. The van der Waals surface area contributed by atoms with Crippen molar-refractivity contribution in [3.63, 3.8) is 0 Å². The number of thiophene rings is 1. The van der Waals surface area contributed by atoms with Gasteiger partial charge in [0, 0.05) is 35.1 Å². The molecule has 0 aliphatic carbocycles. The molecule has 0 bridgehead atoms. The molecule has 2 N–H and O–H groups in total. The van der Waals surface area contributed by atoms with Crippen molar-refractivity contribution in [2.24, 2.45) is 0 Å². The van der Waals surface area contributed by atoms with Gasteiger partial charge in [0.15, 0.2) is 5.69 Å². The third kappa shape index (κ3) is 3.39. The Morgan fingerprint density at radius 3 is 2.62 bits per heavy atom. The Labute approximate surface area is 191 Å². The number of aromatic amines is 1. The summed E-state index contributed by atoms with van der Waals surface area (Å²) in [4.78, 5) is 45.0. The molecule has 0 fully saturated rings. The summed E-state index contributed by atoms with van der Waals surface area (Å²) in [5, 5.41) is 13.0. The number of carboxylic acid groups (broad SMARTS) is 1. The number of alkyl halides is 3. The third-order valence-corrected chi connectivity index (χ3v) is 6.14. The van der Waals surface area contributed by atoms with E-state index in [0.717, 1.165) is 29.5 Å². The Hall–Kier alpha value is -4.19. The lowest BCUT2D eigenvalue weighted by molar-refractivity contribution is -0.137. The standard InChI is InChI=1S/C22H13F3N4O4S/c23-22(24,25)12-3-4-16-13(6-12)17(29-19(30)14-9-34-10-15(14)27-21(29)33)18(20(31)32)28(16)8-11-2-1-5-26-7-11/h1-7,9-10H,8H2,(H,27,33)(H,31,32). The Morgan fingerprint density at radius 1 is 1.15 bits per heavy atom. The van der Waals surface area contributed by atoms with Gasteiger partial charge in [0.05, 0.1) is 27.7 Å². The van der Waals surface area contributed by atoms with Crippen LogP contribution in [0.5, 0.6) is 0 Å². The van der Waals surface area contributed by atoms with E-state index in [1.165, 1.54) is 27.7 Å². The first-order chi connectivity index (χ1) is 16.2. The number of halogens is 3. The van der Waals surface area contributed by atoms with Crippen LogP contribution in [-0.4, -0.2) is 30.2 Å². The lowest BCUT2D eigenvalue weighted by atomic mass is 10.1. The van der Waals surface area contributed by atoms with Crippen LogP contribution in [0.3, 0.4) is 0 Å². The number of carboxylic acids is 1. The van der Waals surface area contributed by atoms with Crippen LogP contribution in [-0.2, 0) is 12.7 Å². The molecule has 0 radical (unpaired) electrons. The fourth-order valence-electron chi connectivity index (χ4n) is 3.94. The highest BCUT2D eigenvalue weighted by Crippen LogP contribution is 2.36. The number of rotatable bonds is 4. The molecule has 34 heavy (non-hydrogen) atoms. The highest BCUT2D eigenvalue weighted by atomic mass is 32.1. The fourth-order valence-corrected chi connectivity index (χ4v) is 4.70. The molecule has 0 saturated heterocycles. The minimum Gasteiger partial charge on any atom is -0.477 e. The molecule has 0 unspecified atom stereocenters. The quantitative estimate of drug-likeness (QED) is 0.401. The molecular formula is C22H13F3N4O4S. The number of carbonyl (C=O) groups is 1. The largest absolute Gasteiger partial charge is 0.477 e. The number of H-pyrrole nitrogens is 1. The van der Waals surface area contributed by atoms with Gasteiger partial charge in [0.25, 0.3) is 5.56 Å². The molecule has 0 aliphatic rings. The predicted octanol–water partition coefficient (Wildman–Crippen LogP) is 3.86.